The highest BCUT2D eigenvalue weighted by atomic mass is 16.6. The summed E-state index contributed by atoms with van der Waals surface area (Å²) in [5.74, 6) is -0.152. The normalized spacial score (nSPS) is 30.1. The van der Waals surface area contributed by atoms with Gasteiger partial charge in [-0.1, -0.05) is 5.16 Å². The molecule has 7 nitrogen and oxygen atoms in total. The van der Waals surface area contributed by atoms with Crippen LogP contribution in [0.15, 0.2) is 4.63 Å². The van der Waals surface area contributed by atoms with Crippen molar-refractivity contribution in [2.75, 3.05) is 26.2 Å². The lowest BCUT2D eigenvalue weighted by atomic mass is 9.70. The summed E-state index contributed by atoms with van der Waals surface area (Å²) in [4.78, 5) is 14.2. The molecule has 0 aromatic carbocycles. The number of hydrogen-bond acceptors (Lipinski definition) is 6. The monoisotopic (exact) mass is 280 g/mol. The molecule has 1 aromatic rings. The minimum Gasteiger partial charge on any atom is -0.396 e. The third-order valence-electron chi connectivity index (χ3n) is 4.63. The van der Waals surface area contributed by atoms with Crippen LogP contribution in [0.4, 0.5) is 0 Å². The number of piperidine rings is 2. The van der Waals surface area contributed by atoms with Gasteiger partial charge in [-0.3, -0.25) is 4.79 Å². The first-order valence-electron chi connectivity index (χ1n) is 7.09. The molecule has 7 heteroatoms. The van der Waals surface area contributed by atoms with E-state index in [4.69, 9.17) is 0 Å². The van der Waals surface area contributed by atoms with Crippen molar-refractivity contribution in [3.05, 3.63) is 11.4 Å². The van der Waals surface area contributed by atoms with Gasteiger partial charge in [-0.2, -0.15) is 0 Å². The Morgan fingerprint density at radius 2 is 2.45 bits per heavy atom. The molecule has 1 aromatic heterocycles. The van der Waals surface area contributed by atoms with Crippen LogP contribution in [0.3, 0.4) is 0 Å². The van der Waals surface area contributed by atoms with E-state index in [2.05, 4.69) is 20.3 Å². The molecule has 3 rings (SSSR count). The Bertz CT molecular complexity index is 504. The Hall–Kier alpha value is -1.47. The fraction of sp³-hybridized carbons (Fsp3) is 0.769. The number of hydrogen-bond donors (Lipinski definition) is 2. The fourth-order valence-electron chi connectivity index (χ4n) is 3.44. The summed E-state index contributed by atoms with van der Waals surface area (Å²) in [6.07, 6.45) is 2.83. The zero-order valence-electron chi connectivity index (χ0n) is 11.6. The quantitative estimate of drug-likeness (QED) is 0.789. The summed E-state index contributed by atoms with van der Waals surface area (Å²) in [5.41, 5.74) is 0.564. The zero-order valence-corrected chi connectivity index (χ0v) is 11.6. The molecular weight excluding hydrogens is 260 g/mol. The lowest BCUT2D eigenvalue weighted by Crippen LogP contribution is -2.62. The molecule has 110 valence electrons. The van der Waals surface area contributed by atoms with Gasteiger partial charge < -0.3 is 15.3 Å². The van der Waals surface area contributed by atoms with E-state index < -0.39 is 0 Å². The second-order valence-corrected chi connectivity index (χ2v) is 5.84. The molecule has 1 amide bonds. The maximum absolute atomic E-state index is 12.5. The first kappa shape index (κ1) is 13.5. The molecule has 2 N–H and O–H groups in total. The molecule has 0 spiro atoms. The van der Waals surface area contributed by atoms with Crippen LogP contribution in [0.1, 0.15) is 35.4 Å². The number of rotatable bonds is 2. The van der Waals surface area contributed by atoms with Crippen LogP contribution in [0.2, 0.25) is 0 Å². The molecule has 3 heterocycles. The van der Waals surface area contributed by atoms with Crippen LogP contribution in [-0.4, -0.2) is 58.5 Å². The Balaban J connectivity index is 1.79. The molecule has 0 aliphatic carbocycles. The van der Waals surface area contributed by atoms with E-state index in [0.29, 0.717) is 24.8 Å². The maximum Gasteiger partial charge on any atom is 0.278 e. The van der Waals surface area contributed by atoms with Crippen molar-refractivity contribution in [1.29, 1.82) is 0 Å². The van der Waals surface area contributed by atoms with Gasteiger partial charge in [0, 0.05) is 24.5 Å². The highest BCUT2D eigenvalue weighted by Gasteiger charge is 2.46. The second-order valence-electron chi connectivity index (χ2n) is 5.84. The number of carbonyl (C=O) groups excluding carboxylic acids is 1. The van der Waals surface area contributed by atoms with Crippen LogP contribution in [0.25, 0.3) is 0 Å². The van der Waals surface area contributed by atoms with Crippen LogP contribution in [0.5, 0.6) is 0 Å². The summed E-state index contributed by atoms with van der Waals surface area (Å²) < 4.78 is 4.61. The number of likely N-dealkylation sites (tertiary alicyclic amines) is 1. The number of nitrogens with one attached hydrogen (secondary N) is 1. The molecule has 0 radical (unpaired) electrons. The topological polar surface area (TPSA) is 91.5 Å². The second kappa shape index (κ2) is 5.14. The summed E-state index contributed by atoms with van der Waals surface area (Å²) in [6.45, 7) is 4.04. The van der Waals surface area contributed by atoms with E-state index in [1.165, 1.54) is 0 Å². The molecule has 2 saturated heterocycles. The van der Waals surface area contributed by atoms with Gasteiger partial charge in [-0.25, -0.2) is 4.63 Å². The van der Waals surface area contributed by atoms with Crippen molar-refractivity contribution in [2.45, 2.75) is 32.2 Å². The Morgan fingerprint density at radius 1 is 1.60 bits per heavy atom. The van der Waals surface area contributed by atoms with Gasteiger partial charge in [0.15, 0.2) is 5.69 Å². The van der Waals surface area contributed by atoms with Gasteiger partial charge in [0.05, 0.1) is 6.61 Å². The number of carbonyl (C=O) groups is 1. The van der Waals surface area contributed by atoms with E-state index in [1.54, 1.807) is 11.8 Å². The van der Waals surface area contributed by atoms with E-state index >= 15 is 0 Å². The van der Waals surface area contributed by atoms with Crippen molar-refractivity contribution in [3.63, 3.8) is 0 Å². The van der Waals surface area contributed by atoms with E-state index in [-0.39, 0.29) is 23.6 Å². The van der Waals surface area contributed by atoms with Gasteiger partial charge in [0.25, 0.3) is 5.91 Å². The summed E-state index contributed by atoms with van der Waals surface area (Å²) in [7, 11) is 0. The van der Waals surface area contributed by atoms with Gasteiger partial charge in [0.2, 0.25) is 0 Å². The number of aryl methyl sites for hydroxylation is 1. The maximum atomic E-state index is 12.5. The van der Waals surface area contributed by atoms with Crippen molar-refractivity contribution >= 4 is 5.91 Å². The summed E-state index contributed by atoms with van der Waals surface area (Å²) in [6, 6.07) is 0.293. The SMILES string of the molecule is Cc1nonc1C(=O)N1CC[C@H]2NCCC[C@]2(CO)C1. The van der Waals surface area contributed by atoms with Gasteiger partial charge in [-0.05, 0) is 37.9 Å². The first-order chi connectivity index (χ1) is 9.66. The van der Waals surface area contributed by atoms with Crippen molar-refractivity contribution < 1.29 is 14.5 Å². The third-order valence-corrected chi connectivity index (χ3v) is 4.63. The number of nitrogens with zero attached hydrogens (tertiary/aromatic N) is 3. The third kappa shape index (κ3) is 2.10. The molecule has 0 bridgehead atoms. The van der Waals surface area contributed by atoms with Crippen LogP contribution >= 0.6 is 0 Å². The lowest BCUT2D eigenvalue weighted by Gasteiger charge is -2.50. The molecule has 2 aliphatic heterocycles. The fourth-order valence-corrected chi connectivity index (χ4v) is 3.44. The number of aliphatic hydroxyl groups is 1. The Kier molecular flexibility index (Phi) is 3.47. The molecule has 2 atom stereocenters. The van der Waals surface area contributed by atoms with Gasteiger partial charge in [0.1, 0.15) is 5.69 Å². The minimum absolute atomic E-state index is 0.102. The predicted molar refractivity (Wildman–Crippen MR) is 70.1 cm³/mol. The minimum atomic E-state index is -0.225. The molecule has 0 saturated carbocycles. The Labute approximate surface area is 117 Å². The van der Waals surface area contributed by atoms with Crippen molar-refractivity contribution in [3.8, 4) is 0 Å². The van der Waals surface area contributed by atoms with Gasteiger partial charge in [-0.15, -0.1) is 0 Å². The molecule has 2 aliphatic rings. The number of fused-ring (bicyclic) bond motifs is 1. The number of amides is 1. The average molecular weight is 280 g/mol. The van der Waals surface area contributed by atoms with Gasteiger partial charge >= 0.3 is 0 Å². The molecular formula is C13H20N4O3. The molecule has 2 fully saturated rings. The highest BCUT2D eigenvalue weighted by molar-refractivity contribution is 5.93. The zero-order chi connectivity index (χ0) is 14.2. The van der Waals surface area contributed by atoms with Crippen molar-refractivity contribution in [2.24, 2.45) is 5.41 Å². The standard InChI is InChI=1S/C13H20N4O3/c1-9-11(16-20-15-9)12(19)17-6-3-10-13(7-17,8-18)4-2-5-14-10/h10,14,18H,2-8H2,1H3/t10-,13-/m1/s1. The molecule has 0 unspecified atom stereocenters. The summed E-state index contributed by atoms with van der Waals surface area (Å²) >= 11 is 0. The predicted octanol–water partition coefficient (Wildman–Crippen LogP) is -0.0454. The first-order valence-corrected chi connectivity index (χ1v) is 7.09. The lowest BCUT2D eigenvalue weighted by molar-refractivity contribution is -0.0141. The average Bonchev–Trinajstić information content (AvgIpc) is 2.92. The van der Waals surface area contributed by atoms with Crippen LogP contribution < -0.4 is 5.32 Å². The van der Waals surface area contributed by atoms with E-state index in [1.807, 2.05) is 0 Å². The number of aliphatic hydroxyl groups excluding tert-OH is 1. The van der Waals surface area contributed by atoms with E-state index in [0.717, 1.165) is 25.8 Å². The number of aromatic nitrogens is 2. The van der Waals surface area contributed by atoms with Crippen LogP contribution in [-0.2, 0) is 0 Å². The van der Waals surface area contributed by atoms with E-state index in [9.17, 15) is 9.90 Å². The Morgan fingerprint density at radius 3 is 3.15 bits per heavy atom. The van der Waals surface area contributed by atoms with Crippen molar-refractivity contribution in [1.82, 2.24) is 20.5 Å². The van der Waals surface area contributed by atoms with Crippen LogP contribution in [0, 0.1) is 12.3 Å². The smallest absolute Gasteiger partial charge is 0.278 e. The summed E-state index contributed by atoms with van der Waals surface area (Å²) in [5, 5.41) is 20.7. The largest absolute Gasteiger partial charge is 0.396 e. The highest BCUT2D eigenvalue weighted by Crippen LogP contribution is 2.37. The molecule has 20 heavy (non-hydrogen) atoms.